The molecule has 5 heteroatoms. The number of likely N-dealkylation sites (tertiary alicyclic amines) is 1. The number of ether oxygens (including phenoxy) is 1. The van der Waals surface area contributed by atoms with Crippen LogP contribution in [0.3, 0.4) is 0 Å². The molecular weight excluding hydrogens is 286 g/mol. The number of hydrogen-bond donors (Lipinski definition) is 0. The fourth-order valence-corrected chi connectivity index (χ4v) is 4.37. The normalized spacial score (nSPS) is 26.1. The summed E-state index contributed by atoms with van der Waals surface area (Å²) in [5.74, 6) is 1.21. The summed E-state index contributed by atoms with van der Waals surface area (Å²) in [4.78, 5) is 27.5. The summed E-state index contributed by atoms with van der Waals surface area (Å²) >= 11 is 1.42. The Labute approximate surface area is 129 Å². The van der Waals surface area contributed by atoms with Gasteiger partial charge in [0.1, 0.15) is 11.5 Å². The van der Waals surface area contributed by atoms with Gasteiger partial charge in [0.15, 0.2) is 0 Å². The Morgan fingerprint density at radius 1 is 1.33 bits per heavy atom. The first-order valence-electron chi connectivity index (χ1n) is 7.67. The van der Waals surface area contributed by atoms with Gasteiger partial charge in [0.25, 0.3) is 5.91 Å². The van der Waals surface area contributed by atoms with Crippen molar-refractivity contribution in [1.82, 2.24) is 4.90 Å². The Morgan fingerprint density at radius 3 is 2.90 bits per heavy atom. The van der Waals surface area contributed by atoms with Crippen LogP contribution in [0.4, 0.5) is 0 Å². The van der Waals surface area contributed by atoms with Crippen molar-refractivity contribution in [2.24, 2.45) is 5.92 Å². The number of thiophene rings is 1. The molecule has 1 aliphatic heterocycles. The Hall–Kier alpha value is -1.36. The Bertz CT molecular complexity index is 539. The average Bonchev–Trinajstić information content (AvgIpc) is 3.16. The van der Waals surface area contributed by atoms with Gasteiger partial charge in [-0.3, -0.25) is 9.59 Å². The van der Waals surface area contributed by atoms with Crippen LogP contribution in [-0.4, -0.2) is 36.3 Å². The molecule has 0 spiro atoms. The van der Waals surface area contributed by atoms with Crippen molar-refractivity contribution in [2.75, 3.05) is 13.7 Å². The van der Waals surface area contributed by atoms with E-state index in [1.807, 2.05) is 10.3 Å². The Kier molecular flexibility index (Phi) is 4.29. The van der Waals surface area contributed by atoms with Crippen LogP contribution >= 0.6 is 11.3 Å². The van der Waals surface area contributed by atoms with E-state index in [9.17, 15) is 9.59 Å². The maximum Gasteiger partial charge on any atom is 0.264 e. The van der Waals surface area contributed by atoms with E-state index in [0.717, 1.165) is 44.4 Å². The van der Waals surface area contributed by atoms with E-state index in [0.29, 0.717) is 17.1 Å². The Balaban J connectivity index is 1.76. The molecule has 1 saturated carbocycles. The van der Waals surface area contributed by atoms with Crippen molar-refractivity contribution < 1.29 is 14.3 Å². The lowest BCUT2D eigenvalue weighted by molar-refractivity contribution is -0.126. The number of carbonyl (C=O) groups is 2. The first-order chi connectivity index (χ1) is 10.2. The molecule has 1 saturated heterocycles. The molecule has 2 unspecified atom stereocenters. The van der Waals surface area contributed by atoms with Crippen molar-refractivity contribution in [1.29, 1.82) is 0 Å². The highest BCUT2D eigenvalue weighted by molar-refractivity contribution is 7.12. The van der Waals surface area contributed by atoms with Gasteiger partial charge >= 0.3 is 0 Å². The number of hydrogen-bond acceptors (Lipinski definition) is 4. The smallest absolute Gasteiger partial charge is 0.264 e. The largest absolute Gasteiger partial charge is 0.496 e. The SMILES string of the molecule is COc1csc(C(=O)N2CCCC2C2CCCCC2=O)c1. The van der Waals surface area contributed by atoms with E-state index >= 15 is 0 Å². The molecular formula is C16H21NO3S. The number of carbonyl (C=O) groups excluding carboxylic acids is 2. The first kappa shape index (κ1) is 14.6. The van der Waals surface area contributed by atoms with Gasteiger partial charge in [0, 0.05) is 36.4 Å². The van der Waals surface area contributed by atoms with E-state index in [4.69, 9.17) is 4.74 Å². The van der Waals surface area contributed by atoms with E-state index in [-0.39, 0.29) is 17.9 Å². The molecule has 1 aliphatic carbocycles. The molecule has 1 aromatic heterocycles. The fraction of sp³-hybridized carbons (Fsp3) is 0.625. The van der Waals surface area contributed by atoms with E-state index in [1.165, 1.54) is 11.3 Å². The minimum atomic E-state index is 0.0594. The lowest BCUT2D eigenvalue weighted by Gasteiger charge is -2.32. The van der Waals surface area contributed by atoms with Gasteiger partial charge in [0.05, 0.1) is 12.0 Å². The van der Waals surface area contributed by atoms with Crippen LogP contribution in [-0.2, 0) is 4.79 Å². The number of rotatable bonds is 3. The summed E-state index contributed by atoms with van der Waals surface area (Å²) in [5.41, 5.74) is 0. The van der Waals surface area contributed by atoms with Crippen LogP contribution in [0, 0.1) is 5.92 Å². The summed E-state index contributed by atoms with van der Waals surface area (Å²) in [6.45, 7) is 0.771. The van der Waals surface area contributed by atoms with Crippen molar-refractivity contribution in [3.63, 3.8) is 0 Å². The third-order valence-electron chi connectivity index (χ3n) is 4.65. The maximum atomic E-state index is 12.7. The molecule has 21 heavy (non-hydrogen) atoms. The summed E-state index contributed by atoms with van der Waals surface area (Å²) in [6.07, 6.45) is 5.73. The molecule has 2 fully saturated rings. The van der Waals surface area contributed by atoms with Crippen LogP contribution in [0.15, 0.2) is 11.4 Å². The quantitative estimate of drug-likeness (QED) is 0.862. The second kappa shape index (κ2) is 6.18. The maximum absolute atomic E-state index is 12.7. The molecule has 114 valence electrons. The first-order valence-corrected chi connectivity index (χ1v) is 8.55. The molecule has 0 N–H and O–H groups in total. The van der Waals surface area contributed by atoms with Gasteiger partial charge in [-0.15, -0.1) is 11.3 Å². The van der Waals surface area contributed by atoms with Crippen molar-refractivity contribution >= 4 is 23.0 Å². The Morgan fingerprint density at radius 2 is 2.19 bits per heavy atom. The molecule has 1 aromatic rings. The van der Waals surface area contributed by atoms with E-state index in [2.05, 4.69) is 0 Å². The van der Waals surface area contributed by atoms with Gasteiger partial charge in [-0.25, -0.2) is 0 Å². The van der Waals surface area contributed by atoms with Crippen LogP contribution in [0.1, 0.15) is 48.2 Å². The highest BCUT2D eigenvalue weighted by Gasteiger charge is 2.39. The van der Waals surface area contributed by atoms with Crippen LogP contribution in [0.2, 0.25) is 0 Å². The van der Waals surface area contributed by atoms with Gasteiger partial charge in [-0.05, 0) is 25.7 Å². The van der Waals surface area contributed by atoms with Crippen LogP contribution in [0.25, 0.3) is 0 Å². The van der Waals surface area contributed by atoms with Crippen molar-refractivity contribution in [3.05, 3.63) is 16.3 Å². The summed E-state index contributed by atoms with van der Waals surface area (Å²) in [6, 6.07) is 1.91. The molecule has 0 bridgehead atoms. The molecule has 0 radical (unpaired) electrons. The highest BCUT2D eigenvalue weighted by Crippen LogP contribution is 2.34. The molecule has 2 aliphatic rings. The third kappa shape index (κ3) is 2.84. The topological polar surface area (TPSA) is 46.6 Å². The zero-order valence-electron chi connectivity index (χ0n) is 12.3. The van der Waals surface area contributed by atoms with E-state index < -0.39 is 0 Å². The van der Waals surface area contributed by atoms with Crippen molar-refractivity contribution in [2.45, 2.75) is 44.6 Å². The number of nitrogens with zero attached hydrogens (tertiary/aromatic N) is 1. The zero-order chi connectivity index (χ0) is 14.8. The number of Topliss-reactive ketones (excluding diaryl/α,β-unsaturated/α-hetero) is 1. The summed E-state index contributed by atoms with van der Waals surface area (Å²) in [5, 5.41) is 1.85. The average molecular weight is 307 g/mol. The standard InChI is InChI=1S/C16H21NO3S/c1-20-11-9-15(21-10-11)16(19)17-8-4-6-13(17)12-5-2-3-7-14(12)18/h9-10,12-13H,2-8H2,1H3. The minimum absolute atomic E-state index is 0.0594. The van der Waals surface area contributed by atoms with Crippen LogP contribution < -0.4 is 4.74 Å². The highest BCUT2D eigenvalue weighted by atomic mass is 32.1. The lowest BCUT2D eigenvalue weighted by atomic mass is 9.82. The monoisotopic (exact) mass is 307 g/mol. The molecule has 3 rings (SSSR count). The predicted octanol–water partition coefficient (Wildman–Crippen LogP) is 3.12. The van der Waals surface area contributed by atoms with E-state index in [1.54, 1.807) is 13.2 Å². The van der Waals surface area contributed by atoms with Gasteiger partial charge in [-0.1, -0.05) is 6.42 Å². The molecule has 1 amide bonds. The van der Waals surface area contributed by atoms with Gasteiger partial charge < -0.3 is 9.64 Å². The third-order valence-corrected chi connectivity index (χ3v) is 5.54. The zero-order valence-corrected chi connectivity index (χ0v) is 13.2. The van der Waals surface area contributed by atoms with Crippen LogP contribution in [0.5, 0.6) is 5.75 Å². The molecule has 4 nitrogen and oxygen atoms in total. The molecule has 2 heterocycles. The van der Waals surface area contributed by atoms with Crippen molar-refractivity contribution in [3.8, 4) is 5.75 Å². The summed E-state index contributed by atoms with van der Waals surface area (Å²) in [7, 11) is 1.61. The lowest BCUT2D eigenvalue weighted by Crippen LogP contribution is -2.43. The predicted molar refractivity (Wildman–Crippen MR) is 81.9 cm³/mol. The molecule has 2 atom stereocenters. The number of amides is 1. The number of methoxy groups -OCH3 is 1. The molecule has 0 aromatic carbocycles. The minimum Gasteiger partial charge on any atom is -0.496 e. The summed E-state index contributed by atoms with van der Waals surface area (Å²) < 4.78 is 5.15. The second-order valence-electron chi connectivity index (χ2n) is 5.88. The fourth-order valence-electron chi connectivity index (χ4n) is 3.56. The number of ketones is 1. The van der Waals surface area contributed by atoms with Gasteiger partial charge in [-0.2, -0.15) is 0 Å². The van der Waals surface area contributed by atoms with Gasteiger partial charge in [0.2, 0.25) is 0 Å². The second-order valence-corrected chi connectivity index (χ2v) is 6.79.